The van der Waals surface area contributed by atoms with Crippen molar-refractivity contribution >= 4 is 19.5 Å². The summed E-state index contributed by atoms with van der Waals surface area (Å²) in [7, 11) is 5.40. The van der Waals surface area contributed by atoms with Gasteiger partial charge in [-0.25, -0.2) is 9.18 Å². The van der Waals surface area contributed by atoms with Gasteiger partial charge < -0.3 is 4.74 Å². The molecule has 0 aliphatic rings. The summed E-state index contributed by atoms with van der Waals surface area (Å²) in [6, 6.07) is 0. The standard InChI is InChI=1S/C13H17BFNO2/c1-4-6-10(7-8-11(14)9(3)15)12(16)13(17)18-5-2/h6-8,16H,4-5H2,1-3H3/b8-7-,10-6-,11-9-,16-12?. The van der Waals surface area contributed by atoms with Crippen LogP contribution in [0.3, 0.4) is 0 Å². The average molecular weight is 249 g/mol. The molecule has 0 heterocycles. The van der Waals surface area contributed by atoms with Crippen molar-refractivity contribution < 1.29 is 13.9 Å². The normalized spacial score (nSPS) is 13.4. The summed E-state index contributed by atoms with van der Waals surface area (Å²) in [6.07, 6.45) is 5.07. The second kappa shape index (κ2) is 8.45. The van der Waals surface area contributed by atoms with Gasteiger partial charge in [0.25, 0.3) is 0 Å². The van der Waals surface area contributed by atoms with Crippen molar-refractivity contribution in [2.24, 2.45) is 0 Å². The highest BCUT2D eigenvalue weighted by molar-refractivity contribution is 6.42. The van der Waals surface area contributed by atoms with Crippen LogP contribution in [-0.4, -0.2) is 26.1 Å². The van der Waals surface area contributed by atoms with E-state index in [0.29, 0.717) is 12.0 Å². The molecule has 96 valence electrons. The number of rotatable bonds is 6. The van der Waals surface area contributed by atoms with Crippen LogP contribution < -0.4 is 0 Å². The van der Waals surface area contributed by atoms with Gasteiger partial charge in [0.05, 0.1) is 12.4 Å². The average Bonchev–Trinajstić information content (AvgIpc) is 2.33. The quantitative estimate of drug-likeness (QED) is 0.340. The van der Waals surface area contributed by atoms with Crippen LogP contribution >= 0.6 is 0 Å². The molecule has 0 spiro atoms. The zero-order valence-electron chi connectivity index (χ0n) is 10.9. The van der Waals surface area contributed by atoms with Gasteiger partial charge in [0.2, 0.25) is 0 Å². The van der Waals surface area contributed by atoms with Crippen LogP contribution in [0.1, 0.15) is 27.2 Å². The van der Waals surface area contributed by atoms with Crippen molar-refractivity contribution in [2.75, 3.05) is 6.61 Å². The molecular weight excluding hydrogens is 232 g/mol. The van der Waals surface area contributed by atoms with E-state index in [9.17, 15) is 9.18 Å². The summed E-state index contributed by atoms with van der Waals surface area (Å²) in [5.74, 6) is -1.22. The van der Waals surface area contributed by atoms with E-state index < -0.39 is 11.8 Å². The summed E-state index contributed by atoms with van der Waals surface area (Å²) in [5, 5.41) is 7.67. The van der Waals surface area contributed by atoms with Gasteiger partial charge in [-0.15, -0.1) is 0 Å². The first-order valence-corrected chi connectivity index (χ1v) is 5.70. The van der Waals surface area contributed by atoms with Crippen molar-refractivity contribution in [3.63, 3.8) is 0 Å². The van der Waals surface area contributed by atoms with Crippen LogP contribution in [0, 0.1) is 5.41 Å². The van der Waals surface area contributed by atoms with Gasteiger partial charge in [-0.3, -0.25) is 5.41 Å². The van der Waals surface area contributed by atoms with Crippen molar-refractivity contribution in [1.29, 1.82) is 5.41 Å². The van der Waals surface area contributed by atoms with Gasteiger partial charge in [0.1, 0.15) is 13.6 Å². The lowest BCUT2D eigenvalue weighted by molar-refractivity contribution is -0.135. The fourth-order valence-electron chi connectivity index (χ4n) is 1.09. The molecule has 0 aliphatic heterocycles. The van der Waals surface area contributed by atoms with Gasteiger partial charge in [0.15, 0.2) is 0 Å². The number of hydrogen-bond donors (Lipinski definition) is 1. The van der Waals surface area contributed by atoms with Crippen LogP contribution in [0.25, 0.3) is 0 Å². The van der Waals surface area contributed by atoms with E-state index >= 15 is 0 Å². The largest absolute Gasteiger partial charge is 0.461 e. The Morgan fingerprint density at radius 1 is 1.39 bits per heavy atom. The summed E-state index contributed by atoms with van der Waals surface area (Å²) in [5.41, 5.74) is 0.0630. The summed E-state index contributed by atoms with van der Waals surface area (Å²) >= 11 is 0. The number of halogens is 1. The van der Waals surface area contributed by atoms with Crippen molar-refractivity contribution in [2.45, 2.75) is 27.2 Å². The van der Waals surface area contributed by atoms with E-state index in [1.165, 1.54) is 19.1 Å². The maximum atomic E-state index is 12.8. The van der Waals surface area contributed by atoms with Crippen LogP contribution in [-0.2, 0) is 9.53 Å². The van der Waals surface area contributed by atoms with E-state index in [2.05, 4.69) is 0 Å². The molecule has 5 heteroatoms. The molecule has 0 aromatic carbocycles. The molecule has 0 aromatic heterocycles. The van der Waals surface area contributed by atoms with Gasteiger partial charge >= 0.3 is 5.97 Å². The van der Waals surface area contributed by atoms with E-state index in [4.69, 9.17) is 18.0 Å². The summed E-state index contributed by atoms with van der Waals surface area (Å²) in [4.78, 5) is 11.4. The Morgan fingerprint density at radius 2 is 2.00 bits per heavy atom. The highest BCUT2D eigenvalue weighted by Crippen LogP contribution is 2.08. The molecule has 0 aromatic rings. The molecule has 0 aliphatic carbocycles. The number of nitrogens with one attached hydrogen (secondary N) is 1. The Morgan fingerprint density at radius 3 is 2.44 bits per heavy atom. The first kappa shape index (κ1) is 16.4. The zero-order chi connectivity index (χ0) is 14.1. The van der Waals surface area contributed by atoms with E-state index in [1.807, 2.05) is 6.92 Å². The number of ether oxygens (including phenoxy) is 1. The molecule has 0 atom stereocenters. The number of allylic oxidation sites excluding steroid dienone is 5. The zero-order valence-corrected chi connectivity index (χ0v) is 10.9. The predicted molar refractivity (Wildman–Crippen MR) is 71.4 cm³/mol. The molecule has 2 radical (unpaired) electrons. The lowest BCUT2D eigenvalue weighted by Crippen LogP contribution is -2.18. The topological polar surface area (TPSA) is 50.2 Å². The molecule has 1 N–H and O–H groups in total. The molecule has 0 saturated carbocycles. The van der Waals surface area contributed by atoms with E-state index in [-0.39, 0.29) is 17.8 Å². The molecule has 0 fully saturated rings. The van der Waals surface area contributed by atoms with Gasteiger partial charge in [-0.05, 0) is 20.3 Å². The highest BCUT2D eigenvalue weighted by Gasteiger charge is 2.13. The number of carbonyl (C=O) groups is 1. The Hall–Kier alpha value is -1.65. The molecule has 0 unspecified atom stereocenters. The minimum atomic E-state index is -0.707. The fraction of sp³-hybridized carbons (Fsp3) is 0.385. The molecular formula is C13H17BFNO2. The minimum Gasteiger partial charge on any atom is -0.461 e. The first-order valence-electron chi connectivity index (χ1n) is 5.70. The molecule has 18 heavy (non-hydrogen) atoms. The monoisotopic (exact) mass is 249 g/mol. The SMILES string of the molecule is [B]C(/C=C\C(=C\CC)C(=N)C(=O)OCC)=C(/C)F. The molecule has 0 amide bonds. The van der Waals surface area contributed by atoms with Gasteiger partial charge in [-0.2, -0.15) is 0 Å². The van der Waals surface area contributed by atoms with Gasteiger partial charge in [0, 0.05) is 5.57 Å². The Bertz CT molecular complexity index is 407. The maximum Gasteiger partial charge on any atom is 0.356 e. The Labute approximate surface area is 108 Å². The van der Waals surface area contributed by atoms with E-state index in [0.717, 1.165) is 0 Å². The minimum absolute atomic E-state index is 0.0336. The Balaban J connectivity index is 5.01. The Kier molecular flexibility index (Phi) is 7.67. The fourth-order valence-corrected chi connectivity index (χ4v) is 1.09. The van der Waals surface area contributed by atoms with Crippen LogP contribution in [0.2, 0.25) is 0 Å². The van der Waals surface area contributed by atoms with Gasteiger partial charge in [-0.1, -0.05) is 30.6 Å². The lowest BCUT2D eigenvalue weighted by Gasteiger charge is -2.04. The second-order valence-electron chi connectivity index (χ2n) is 3.49. The smallest absolute Gasteiger partial charge is 0.356 e. The van der Waals surface area contributed by atoms with Crippen LogP contribution in [0.5, 0.6) is 0 Å². The van der Waals surface area contributed by atoms with Crippen molar-refractivity contribution in [3.8, 4) is 0 Å². The summed E-state index contributed by atoms with van der Waals surface area (Å²) in [6.45, 7) is 4.97. The third kappa shape index (κ3) is 5.61. The third-order valence-electron chi connectivity index (χ3n) is 2.03. The number of esters is 1. The van der Waals surface area contributed by atoms with E-state index in [1.54, 1.807) is 13.0 Å². The second-order valence-corrected chi connectivity index (χ2v) is 3.49. The van der Waals surface area contributed by atoms with Crippen molar-refractivity contribution in [1.82, 2.24) is 0 Å². The molecule has 0 bridgehead atoms. The third-order valence-corrected chi connectivity index (χ3v) is 2.03. The number of carbonyl (C=O) groups excluding carboxylic acids is 1. The highest BCUT2D eigenvalue weighted by atomic mass is 19.1. The molecule has 0 rings (SSSR count). The maximum absolute atomic E-state index is 12.8. The molecule has 3 nitrogen and oxygen atoms in total. The van der Waals surface area contributed by atoms with Crippen molar-refractivity contribution in [3.05, 3.63) is 35.1 Å². The van der Waals surface area contributed by atoms with Crippen LogP contribution in [0.4, 0.5) is 4.39 Å². The summed E-state index contributed by atoms with van der Waals surface area (Å²) < 4.78 is 17.5. The molecule has 0 saturated heterocycles. The predicted octanol–water partition coefficient (Wildman–Crippen LogP) is 2.83. The first-order chi connectivity index (χ1) is 8.43. The lowest BCUT2D eigenvalue weighted by atomic mass is 9.93. The number of hydrogen-bond acceptors (Lipinski definition) is 3. The van der Waals surface area contributed by atoms with Crippen LogP contribution in [0.15, 0.2) is 35.1 Å².